The molecule has 0 radical (unpaired) electrons. The number of nitrogens with one attached hydrogen (secondary N) is 1. The fourth-order valence-electron chi connectivity index (χ4n) is 3.24. The Kier molecular flexibility index (Phi) is 4.98. The molecule has 1 aliphatic heterocycles. The maximum atomic E-state index is 12.1. The number of rotatable bonds is 8. The van der Waals surface area contributed by atoms with E-state index in [0.717, 1.165) is 36.9 Å². The molecule has 4 heteroatoms. The Morgan fingerprint density at radius 1 is 1.36 bits per heavy atom. The van der Waals surface area contributed by atoms with Crippen LogP contribution in [0, 0.1) is 5.92 Å². The van der Waals surface area contributed by atoms with Gasteiger partial charge in [0.1, 0.15) is 5.75 Å². The molecule has 1 aromatic rings. The Balaban J connectivity index is 1.49. The summed E-state index contributed by atoms with van der Waals surface area (Å²) < 4.78 is 5.48. The first-order chi connectivity index (χ1) is 10.8. The van der Waals surface area contributed by atoms with Crippen LogP contribution in [-0.2, 0) is 4.79 Å². The van der Waals surface area contributed by atoms with Crippen LogP contribution >= 0.6 is 0 Å². The molecule has 1 atom stereocenters. The van der Waals surface area contributed by atoms with Gasteiger partial charge in [-0.1, -0.05) is 25.5 Å². The van der Waals surface area contributed by atoms with Gasteiger partial charge in [0.05, 0.1) is 5.69 Å². The molecule has 1 heterocycles. The van der Waals surface area contributed by atoms with E-state index in [1.807, 2.05) is 29.2 Å². The molecule has 2 aliphatic rings. The molecule has 1 amide bonds. The van der Waals surface area contributed by atoms with E-state index >= 15 is 0 Å². The summed E-state index contributed by atoms with van der Waals surface area (Å²) >= 11 is 0. The summed E-state index contributed by atoms with van der Waals surface area (Å²) in [6.07, 6.45) is 6.25. The van der Waals surface area contributed by atoms with Crippen LogP contribution in [0.3, 0.4) is 0 Å². The zero-order valence-electron chi connectivity index (χ0n) is 13.4. The number of fused-ring (bicyclic) bond motifs is 1. The number of nitrogens with zero attached hydrogens (tertiary/aromatic N) is 1. The lowest BCUT2D eigenvalue weighted by molar-refractivity contribution is -0.121. The highest BCUT2D eigenvalue weighted by atomic mass is 16.5. The van der Waals surface area contributed by atoms with Gasteiger partial charge in [0.25, 0.3) is 5.91 Å². The highest BCUT2D eigenvalue weighted by Gasteiger charge is 2.30. The first-order valence-electron chi connectivity index (χ1n) is 8.55. The molecule has 0 aromatic heterocycles. The minimum absolute atomic E-state index is 0.0611. The third-order valence-corrected chi connectivity index (χ3v) is 4.56. The molecule has 22 heavy (non-hydrogen) atoms. The zero-order chi connectivity index (χ0) is 15.4. The molecule has 3 rings (SSSR count). The standard InChI is InChI=1S/C18H26N2O2/c1-2-6-15(14-9-10-14)19-11-5-12-20-16-7-3-4-8-17(16)22-13-18(20)21/h3-4,7-8,14-15,19H,2,5-6,9-13H2,1H3/t15-/m1/s1. The van der Waals surface area contributed by atoms with E-state index in [4.69, 9.17) is 4.74 Å². The van der Waals surface area contributed by atoms with E-state index in [-0.39, 0.29) is 12.5 Å². The number of ether oxygens (including phenoxy) is 1. The highest BCUT2D eigenvalue weighted by Crippen LogP contribution is 2.34. The van der Waals surface area contributed by atoms with E-state index in [0.29, 0.717) is 6.04 Å². The first-order valence-corrected chi connectivity index (χ1v) is 8.55. The zero-order valence-corrected chi connectivity index (χ0v) is 13.4. The van der Waals surface area contributed by atoms with Crippen LogP contribution in [0.4, 0.5) is 5.69 Å². The number of carbonyl (C=O) groups excluding carboxylic acids is 1. The number of benzene rings is 1. The SMILES string of the molecule is CCC[C@@H](NCCCN1C(=O)COc2ccccc21)C1CC1. The van der Waals surface area contributed by atoms with Crippen LogP contribution in [0.25, 0.3) is 0 Å². The Hall–Kier alpha value is -1.55. The largest absolute Gasteiger partial charge is 0.482 e. The molecule has 1 aliphatic carbocycles. The van der Waals surface area contributed by atoms with Crippen LogP contribution in [0.15, 0.2) is 24.3 Å². The predicted molar refractivity (Wildman–Crippen MR) is 88.3 cm³/mol. The van der Waals surface area contributed by atoms with E-state index in [2.05, 4.69) is 12.2 Å². The lowest BCUT2D eigenvalue weighted by Crippen LogP contribution is -2.41. The lowest BCUT2D eigenvalue weighted by atomic mass is 10.1. The molecular formula is C18H26N2O2. The summed E-state index contributed by atoms with van der Waals surface area (Å²) in [6.45, 7) is 4.15. The van der Waals surface area contributed by atoms with Crippen molar-refractivity contribution in [3.63, 3.8) is 0 Å². The van der Waals surface area contributed by atoms with Crippen molar-refractivity contribution in [3.05, 3.63) is 24.3 Å². The smallest absolute Gasteiger partial charge is 0.265 e. The monoisotopic (exact) mass is 302 g/mol. The second-order valence-corrected chi connectivity index (χ2v) is 6.34. The fraction of sp³-hybridized carbons (Fsp3) is 0.611. The second kappa shape index (κ2) is 7.14. The number of amides is 1. The third-order valence-electron chi connectivity index (χ3n) is 4.56. The number of carbonyl (C=O) groups is 1. The number of hydrogen-bond donors (Lipinski definition) is 1. The first kappa shape index (κ1) is 15.3. The van der Waals surface area contributed by atoms with Gasteiger partial charge in [-0.25, -0.2) is 0 Å². The molecule has 1 saturated carbocycles. The van der Waals surface area contributed by atoms with E-state index in [9.17, 15) is 4.79 Å². The van der Waals surface area contributed by atoms with Gasteiger partial charge in [-0.15, -0.1) is 0 Å². The summed E-state index contributed by atoms with van der Waals surface area (Å²) in [5, 5.41) is 3.69. The van der Waals surface area contributed by atoms with Crippen molar-refractivity contribution in [2.75, 3.05) is 24.6 Å². The molecule has 0 bridgehead atoms. The number of para-hydroxylation sites is 2. The fourth-order valence-corrected chi connectivity index (χ4v) is 3.24. The van der Waals surface area contributed by atoms with Gasteiger partial charge >= 0.3 is 0 Å². The number of anilines is 1. The average Bonchev–Trinajstić information content (AvgIpc) is 3.37. The molecule has 1 aromatic carbocycles. The minimum Gasteiger partial charge on any atom is -0.482 e. The minimum atomic E-state index is 0.0611. The second-order valence-electron chi connectivity index (χ2n) is 6.34. The average molecular weight is 302 g/mol. The van der Waals surface area contributed by atoms with Crippen molar-refractivity contribution >= 4 is 11.6 Å². The summed E-state index contributed by atoms with van der Waals surface area (Å²) in [5.41, 5.74) is 0.908. The van der Waals surface area contributed by atoms with Gasteiger partial charge < -0.3 is 15.0 Å². The van der Waals surface area contributed by atoms with Gasteiger partial charge in [0, 0.05) is 12.6 Å². The van der Waals surface area contributed by atoms with Crippen molar-refractivity contribution in [3.8, 4) is 5.75 Å². The van der Waals surface area contributed by atoms with Crippen molar-refractivity contribution in [1.82, 2.24) is 5.32 Å². The summed E-state index contributed by atoms with van der Waals surface area (Å²) in [5.74, 6) is 1.77. The molecule has 0 spiro atoms. The third kappa shape index (κ3) is 3.61. The van der Waals surface area contributed by atoms with E-state index in [1.165, 1.54) is 25.7 Å². The molecule has 1 fully saturated rings. The Morgan fingerprint density at radius 3 is 2.95 bits per heavy atom. The van der Waals surface area contributed by atoms with Crippen molar-refractivity contribution in [2.24, 2.45) is 5.92 Å². The van der Waals surface area contributed by atoms with Gasteiger partial charge in [0.15, 0.2) is 6.61 Å². The van der Waals surface area contributed by atoms with Crippen LogP contribution in [0.2, 0.25) is 0 Å². The van der Waals surface area contributed by atoms with E-state index < -0.39 is 0 Å². The quantitative estimate of drug-likeness (QED) is 0.751. The topological polar surface area (TPSA) is 41.6 Å². The lowest BCUT2D eigenvalue weighted by Gasteiger charge is -2.29. The molecular weight excluding hydrogens is 276 g/mol. The van der Waals surface area contributed by atoms with Crippen LogP contribution in [-0.4, -0.2) is 31.6 Å². The predicted octanol–water partition coefficient (Wildman–Crippen LogP) is 2.97. The summed E-state index contributed by atoms with van der Waals surface area (Å²) in [6, 6.07) is 8.47. The van der Waals surface area contributed by atoms with Crippen LogP contribution in [0.1, 0.15) is 39.0 Å². The summed E-state index contributed by atoms with van der Waals surface area (Å²) in [7, 11) is 0. The van der Waals surface area contributed by atoms with Crippen molar-refractivity contribution in [2.45, 2.75) is 45.1 Å². The normalized spacial score (nSPS) is 18.8. The Labute approximate surface area is 132 Å². The Bertz CT molecular complexity index is 514. The number of hydrogen-bond acceptors (Lipinski definition) is 3. The highest BCUT2D eigenvalue weighted by molar-refractivity contribution is 5.97. The van der Waals surface area contributed by atoms with Crippen LogP contribution < -0.4 is 15.0 Å². The van der Waals surface area contributed by atoms with Gasteiger partial charge in [-0.2, -0.15) is 0 Å². The molecule has 0 saturated heterocycles. The van der Waals surface area contributed by atoms with Gasteiger partial charge in [-0.3, -0.25) is 4.79 Å². The van der Waals surface area contributed by atoms with Crippen molar-refractivity contribution < 1.29 is 9.53 Å². The van der Waals surface area contributed by atoms with Crippen LogP contribution in [0.5, 0.6) is 5.75 Å². The molecule has 1 N–H and O–H groups in total. The molecule has 120 valence electrons. The summed E-state index contributed by atoms with van der Waals surface area (Å²) in [4.78, 5) is 14.0. The van der Waals surface area contributed by atoms with E-state index in [1.54, 1.807) is 0 Å². The Morgan fingerprint density at radius 2 is 2.18 bits per heavy atom. The van der Waals surface area contributed by atoms with Crippen molar-refractivity contribution in [1.29, 1.82) is 0 Å². The maximum absolute atomic E-state index is 12.1. The molecule has 4 nitrogen and oxygen atoms in total. The van der Waals surface area contributed by atoms with Gasteiger partial charge in [-0.05, 0) is 50.3 Å². The maximum Gasteiger partial charge on any atom is 0.265 e. The molecule has 0 unspecified atom stereocenters. The van der Waals surface area contributed by atoms with Gasteiger partial charge in [0.2, 0.25) is 0 Å².